The van der Waals surface area contributed by atoms with E-state index < -0.39 is 6.10 Å². The number of aliphatic hydroxyl groups is 1. The predicted octanol–water partition coefficient (Wildman–Crippen LogP) is 2.84. The molecule has 1 aromatic carbocycles. The summed E-state index contributed by atoms with van der Waals surface area (Å²) in [6.45, 7) is 4.59. The SMILES string of the molecule is Cc1nc(C(C)NCC(O)c2ccccc2)cs1. The van der Waals surface area contributed by atoms with Crippen molar-refractivity contribution in [2.75, 3.05) is 6.54 Å². The minimum atomic E-state index is -0.478. The van der Waals surface area contributed by atoms with Crippen molar-refractivity contribution >= 4 is 11.3 Å². The predicted molar refractivity (Wildman–Crippen MR) is 74.7 cm³/mol. The molecule has 2 rings (SSSR count). The number of thiazole rings is 1. The van der Waals surface area contributed by atoms with E-state index in [1.54, 1.807) is 11.3 Å². The smallest absolute Gasteiger partial charge is 0.0914 e. The summed E-state index contributed by atoms with van der Waals surface area (Å²) in [5.74, 6) is 0. The Morgan fingerprint density at radius 2 is 2.06 bits per heavy atom. The summed E-state index contributed by atoms with van der Waals surface area (Å²) in [4.78, 5) is 4.44. The monoisotopic (exact) mass is 262 g/mol. The van der Waals surface area contributed by atoms with Gasteiger partial charge in [-0.2, -0.15) is 0 Å². The largest absolute Gasteiger partial charge is 0.387 e. The Labute approximate surface area is 112 Å². The van der Waals surface area contributed by atoms with E-state index in [9.17, 15) is 5.11 Å². The molecule has 0 bridgehead atoms. The standard InChI is InChI=1S/C14H18N2OS/c1-10(13-9-18-11(2)16-13)15-8-14(17)12-6-4-3-5-7-12/h3-7,9-10,14-15,17H,8H2,1-2H3. The van der Waals surface area contributed by atoms with E-state index in [1.165, 1.54) is 0 Å². The first-order chi connectivity index (χ1) is 8.66. The van der Waals surface area contributed by atoms with Gasteiger partial charge in [0.15, 0.2) is 0 Å². The van der Waals surface area contributed by atoms with E-state index in [1.807, 2.05) is 37.3 Å². The fourth-order valence-electron chi connectivity index (χ4n) is 1.77. The molecule has 0 saturated heterocycles. The Balaban J connectivity index is 1.88. The molecule has 1 heterocycles. The summed E-state index contributed by atoms with van der Waals surface area (Å²) in [6, 6.07) is 9.85. The number of nitrogens with one attached hydrogen (secondary N) is 1. The van der Waals surface area contributed by atoms with Crippen molar-refractivity contribution in [1.29, 1.82) is 0 Å². The first kappa shape index (κ1) is 13.2. The molecule has 2 atom stereocenters. The van der Waals surface area contributed by atoms with Gasteiger partial charge in [-0.1, -0.05) is 30.3 Å². The second-order valence-corrected chi connectivity index (χ2v) is 5.41. The maximum atomic E-state index is 10.0. The van der Waals surface area contributed by atoms with Gasteiger partial charge in [-0.3, -0.25) is 0 Å². The lowest BCUT2D eigenvalue weighted by atomic mass is 10.1. The van der Waals surface area contributed by atoms with Gasteiger partial charge in [0.25, 0.3) is 0 Å². The number of aliphatic hydroxyl groups excluding tert-OH is 1. The number of hydrogen-bond donors (Lipinski definition) is 2. The molecule has 2 N–H and O–H groups in total. The van der Waals surface area contributed by atoms with Crippen molar-refractivity contribution in [3.8, 4) is 0 Å². The van der Waals surface area contributed by atoms with Crippen molar-refractivity contribution in [3.05, 3.63) is 52.0 Å². The van der Waals surface area contributed by atoms with Crippen LogP contribution in [-0.2, 0) is 0 Å². The Kier molecular flexibility index (Phi) is 4.47. The maximum absolute atomic E-state index is 10.0. The highest BCUT2D eigenvalue weighted by Crippen LogP contribution is 2.17. The topological polar surface area (TPSA) is 45.2 Å². The number of aromatic nitrogens is 1. The molecule has 0 amide bonds. The van der Waals surface area contributed by atoms with E-state index in [4.69, 9.17) is 0 Å². The van der Waals surface area contributed by atoms with Gasteiger partial charge >= 0.3 is 0 Å². The normalized spacial score (nSPS) is 14.4. The van der Waals surface area contributed by atoms with Gasteiger partial charge in [-0.25, -0.2) is 4.98 Å². The van der Waals surface area contributed by atoms with E-state index in [-0.39, 0.29) is 6.04 Å². The van der Waals surface area contributed by atoms with E-state index in [2.05, 4.69) is 22.6 Å². The van der Waals surface area contributed by atoms with Crippen LogP contribution in [0.5, 0.6) is 0 Å². The fourth-order valence-corrected chi connectivity index (χ4v) is 2.47. The average molecular weight is 262 g/mol. The molecule has 0 aliphatic rings. The van der Waals surface area contributed by atoms with Gasteiger partial charge < -0.3 is 10.4 Å². The summed E-state index contributed by atoms with van der Waals surface area (Å²) in [5.41, 5.74) is 1.98. The Morgan fingerprint density at radius 1 is 1.33 bits per heavy atom. The van der Waals surface area contributed by atoms with Gasteiger partial charge in [-0.15, -0.1) is 11.3 Å². The molecule has 0 aliphatic heterocycles. The number of aryl methyl sites for hydroxylation is 1. The fraction of sp³-hybridized carbons (Fsp3) is 0.357. The van der Waals surface area contributed by atoms with Crippen molar-refractivity contribution in [2.24, 2.45) is 0 Å². The van der Waals surface area contributed by atoms with Crippen LogP contribution in [0.4, 0.5) is 0 Å². The molecule has 0 radical (unpaired) electrons. The number of benzene rings is 1. The van der Waals surface area contributed by atoms with Gasteiger partial charge in [0.2, 0.25) is 0 Å². The molecule has 0 spiro atoms. The second kappa shape index (κ2) is 6.09. The number of rotatable bonds is 5. The van der Waals surface area contributed by atoms with Crippen molar-refractivity contribution in [3.63, 3.8) is 0 Å². The van der Waals surface area contributed by atoms with E-state index in [0.717, 1.165) is 16.3 Å². The van der Waals surface area contributed by atoms with Crippen molar-refractivity contribution < 1.29 is 5.11 Å². The third-order valence-electron chi connectivity index (χ3n) is 2.88. The summed E-state index contributed by atoms with van der Waals surface area (Å²) in [7, 11) is 0. The minimum Gasteiger partial charge on any atom is -0.387 e. The van der Waals surface area contributed by atoms with Gasteiger partial charge in [0.05, 0.1) is 16.8 Å². The van der Waals surface area contributed by atoms with Crippen LogP contribution in [0.25, 0.3) is 0 Å². The Bertz CT molecular complexity index is 484. The number of nitrogens with zero attached hydrogens (tertiary/aromatic N) is 1. The highest BCUT2D eigenvalue weighted by atomic mass is 32.1. The molecule has 2 aromatic rings. The zero-order valence-corrected chi connectivity index (χ0v) is 11.4. The zero-order chi connectivity index (χ0) is 13.0. The molecular formula is C14H18N2OS. The third kappa shape index (κ3) is 3.38. The second-order valence-electron chi connectivity index (χ2n) is 4.35. The summed E-state index contributed by atoms with van der Waals surface area (Å²) in [6.07, 6.45) is -0.478. The lowest BCUT2D eigenvalue weighted by Crippen LogP contribution is -2.24. The van der Waals surface area contributed by atoms with Crippen LogP contribution in [0.2, 0.25) is 0 Å². The first-order valence-corrected chi connectivity index (χ1v) is 6.93. The Morgan fingerprint density at radius 3 is 2.67 bits per heavy atom. The van der Waals surface area contributed by atoms with Gasteiger partial charge in [0.1, 0.15) is 0 Å². The molecule has 1 aromatic heterocycles. The van der Waals surface area contributed by atoms with Gasteiger partial charge in [-0.05, 0) is 19.4 Å². The molecule has 0 saturated carbocycles. The molecule has 4 heteroatoms. The lowest BCUT2D eigenvalue weighted by Gasteiger charge is -2.16. The van der Waals surface area contributed by atoms with Crippen LogP contribution in [0.1, 0.15) is 35.3 Å². The van der Waals surface area contributed by atoms with Crippen LogP contribution in [0, 0.1) is 6.92 Å². The zero-order valence-electron chi connectivity index (χ0n) is 10.6. The molecule has 18 heavy (non-hydrogen) atoms. The molecule has 96 valence electrons. The lowest BCUT2D eigenvalue weighted by molar-refractivity contribution is 0.170. The molecule has 3 nitrogen and oxygen atoms in total. The third-order valence-corrected chi connectivity index (χ3v) is 3.67. The molecule has 0 fully saturated rings. The van der Waals surface area contributed by atoms with Crippen molar-refractivity contribution in [1.82, 2.24) is 10.3 Å². The van der Waals surface area contributed by atoms with Crippen molar-refractivity contribution in [2.45, 2.75) is 26.0 Å². The van der Waals surface area contributed by atoms with Crippen LogP contribution in [0.3, 0.4) is 0 Å². The Hall–Kier alpha value is -1.23. The maximum Gasteiger partial charge on any atom is 0.0914 e. The minimum absolute atomic E-state index is 0.160. The number of hydrogen-bond acceptors (Lipinski definition) is 4. The highest BCUT2D eigenvalue weighted by molar-refractivity contribution is 7.09. The summed E-state index contributed by atoms with van der Waals surface area (Å²) in [5, 5.41) is 16.5. The van der Waals surface area contributed by atoms with Gasteiger partial charge in [0, 0.05) is 18.0 Å². The highest BCUT2D eigenvalue weighted by Gasteiger charge is 2.11. The van der Waals surface area contributed by atoms with Crippen LogP contribution >= 0.6 is 11.3 Å². The molecule has 2 unspecified atom stereocenters. The van der Waals surface area contributed by atoms with Crippen LogP contribution < -0.4 is 5.32 Å². The summed E-state index contributed by atoms with van der Waals surface area (Å²) >= 11 is 1.65. The van der Waals surface area contributed by atoms with Crippen LogP contribution in [0.15, 0.2) is 35.7 Å². The van der Waals surface area contributed by atoms with E-state index >= 15 is 0 Å². The molecular weight excluding hydrogens is 244 g/mol. The quantitative estimate of drug-likeness (QED) is 0.871. The average Bonchev–Trinajstić information content (AvgIpc) is 2.83. The van der Waals surface area contributed by atoms with Crippen LogP contribution in [-0.4, -0.2) is 16.6 Å². The van der Waals surface area contributed by atoms with E-state index in [0.29, 0.717) is 6.54 Å². The summed E-state index contributed by atoms with van der Waals surface area (Å²) < 4.78 is 0. The first-order valence-electron chi connectivity index (χ1n) is 6.05. The molecule has 0 aliphatic carbocycles.